The monoisotopic (exact) mass is 363 g/mol. The molecule has 2 N–H and O–H groups in total. The summed E-state index contributed by atoms with van der Waals surface area (Å²) in [6.45, 7) is 1.77. The molecule has 0 atom stereocenters. The minimum Gasteiger partial charge on any atom is -0.477 e. The molecule has 132 valence electrons. The van der Waals surface area contributed by atoms with E-state index < -0.39 is 17.2 Å². The Balaban J connectivity index is 2.16. The number of para-hydroxylation sites is 1. The first kappa shape index (κ1) is 17.4. The van der Waals surface area contributed by atoms with Crippen LogP contribution >= 0.6 is 11.6 Å². The Labute approximate surface area is 148 Å². The highest BCUT2D eigenvalue weighted by Gasteiger charge is 2.23. The first-order valence-electron chi connectivity index (χ1n) is 8.08. The molecular weight excluding hydrogens is 346 g/mol. The number of aromatic carboxylic acids is 1. The normalized spacial score (nSPS) is 15.2. The van der Waals surface area contributed by atoms with Crippen LogP contribution in [-0.4, -0.2) is 38.6 Å². The van der Waals surface area contributed by atoms with Crippen molar-refractivity contribution in [1.82, 2.24) is 14.5 Å². The van der Waals surface area contributed by atoms with Crippen LogP contribution in [0.3, 0.4) is 0 Å². The van der Waals surface area contributed by atoms with Crippen LogP contribution in [0.4, 0.5) is 0 Å². The van der Waals surface area contributed by atoms with E-state index in [-0.39, 0.29) is 28.5 Å². The van der Waals surface area contributed by atoms with Gasteiger partial charge in [0.15, 0.2) is 0 Å². The zero-order valence-electron chi connectivity index (χ0n) is 13.5. The smallest absolute Gasteiger partial charge is 0.352 e. The van der Waals surface area contributed by atoms with E-state index in [2.05, 4.69) is 4.98 Å². The van der Waals surface area contributed by atoms with E-state index in [0.717, 1.165) is 36.9 Å². The molecular formula is C17H18ClN3O4. The SMILES string of the molecule is O=C(O)c1[nH]c(=O)n(-c2ccccc2Cl)c(=O)c1CN1CCCCC1. The molecule has 1 aliphatic heterocycles. The van der Waals surface area contributed by atoms with Crippen molar-refractivity contribution in [2.45, 2.75) is 25.8 Å². The van der Waals surface area contributed by atoms with Gasteiger partial charge in [0.05, 0.1) is 16.3 Å². The lowest BCUT2D eigenvalue weighted by Crippen LogP contribution is -2.41. The largest absolute Gasteiger partial charge is 0.477 e. The van der Waals surface area contributed by atoms with E-state index >= 15 is 0 Å². The number of carboxylic acid groups (broad SMARTS) is 1. The summed E-state index contributed by atoms with van der Waals surface area (Å²) in [5.74, 6) is -1.33. The van der Waals surface area contributed by atoms with E-state index in [1.807, 2.05) is 4.90 Å². The number of piperidine rings is 1. The van der Waals surface area contributed by atoms with Crippen molar-refractivity contribution >= 4 is 17.6 Å². The fourth-order valence-electron chi connectivity index (χ4n) is 3.09. The Bertz CT molecular complexity index is 913. The number of nitrogens with one attached hydrogen (secondary N) is 1. The number of rotatable bonds is 4. The quantitative estimate of drug-likeness (QED) is 0.864. The molecule has 0 radical (unpaired) electrons. The number of carbonyl (C=O) groups is 1. The van der Waals surface area contributed by atoms with Gasteiger partial charge in [-0.2, -0.15) is 0 Å². The number of hydrogen-bond donors (Lipinski definition) is 2. The molecule has 1 aromatic carbocycles. The van der Waals surface area contributed by atoms with Crippen LogP contribution in [-0.2, 0) is 6.54 Å². The molecule has 2 heterocycles. The standard InChI is InChI=1S/C17H18ClN3O4/c18-12-6-2-3-7-13(12)21-15(22)11(10-20-8-4-1-5-9-20)14(16(23)24)19-17(21)25/h2-3,6-7H,1,4-5,8-10H2,(H,19,25)(H,23,24). The molecule has 1 aromatic heterocycles. The maximum Gasteiger partial charge on any atom is 0.352 e. The predicted octanol–water partition coefficient (Wildman–Crippen LogP) is 1.86. The number of H-pyrrole nitrogens is 1. The number of hydrogen-bond acceptors (Lipinski definition) is 4. The zero-order valence-corrected chi connectivity index (χ0v) is 14.3. The van der Waals surface area contributed by atoms with E-state index in [1.165, 1.54) is 0 Å². The lowest BCUT2D eigenvalue weighted by molar-refractivity contribution is 0.0686. The fraction of sp³-hybridized carbons (Fsp3) is 0.353. The summed E-state index contributed by atoms with van der Waals surface area (Å²) in [5, 5.41) is 9.64. The molecule has 8 heteroatoms. The first-order chi connectivity index (χ1) is 12.0. The lowest BCUT2D eigenvalue weighted by atomic mass is 10.1. The van der Waals surface area contributed by atoms with Gasteiger partial charge in [0, 0.05) is 6.54 Å². The van der Waals surface area contributed by atoms with Crippen LogP contribution < -0.4 is 11.2 Å². The molecule has 0 bridgehead atoms. The molecule has 0 unspecified atom stereocenters. The molecule has 7 nitrogen and oxygen atoms in total. The van der Waals surface area contributed by atoms with Crippen LogP contribution in [0.25, 0.3) is 5.69 Å². The van der Waals surface area contributed by atoms with Gasteiger partial charge in [-0.15, -0.1) is 0 Å². The van der Waals surface area contributed by atoms with Gasteiger partial charge < -0.3 is 10.1 Å². The first-order valence-corrected chi connectivity index (χ1v) is 8.45. The van der Waals surface area contributed by atoms with Crippen LogP contribution in [0.5, 0.6) is 0 Å². The summed E-state index contributed by atoms with van der Waals surface area (Å²) in [6.07, 6.45) is 3.13. The van der Waals surface area contributed by atoms with Crippen molar-refractivity contribution in [3.8, 4) is 5.69 Å². The van der Waals surface area contributed by atoms with Gasteiger partial charge in [-0.05, 0) is 38.1 Å². The average Bonchev–Trinajstić information content (AvgIpc) is 2.59. The number of nitrogens with zero attached hydrogens (tertiary/aromatic N) is 2. The van der Waals surface area contributed by atoms with Crippen molar-refractivity contribution in [2.75, 3.05) is 13.1 Å². The van der Waals surface area contributed by atoms with Crippen molar-refractivity contribution in [3.63, 3.8) is 0 Å². The molecule has 0 saturated carbocycles. The molecule has 2 aromatic rings. The molecule has 3 rings (SSSR count). The molecule has 25 heavy (non-hydrogen) atoms. The third-order valence-corrected chi connectivity index (χ3v) is 4.66. The summed E-state index contributed by atoms with van der Waals surface area (Å²) in [5.41, 5.74) is -1.54. The van der Waals surface area contributed by atoms with Crippen molar-refractivity contribution in [1.29, 1.82) is 0 Å². The van der Waals surface area contributed by atoms with Gasteiger partial charge >= 0.3 is 11.7 Å². The molecule has 0 aliphatic carbocycles. The van der Waals surface area contributed by atoms with Crippen LogP contribution in [0.15, 0.2) is 33.9 Å². The number of halogens is 1. The topological polar surface area (TPSA) is 95.4 Å². The van der Waals surface area contributed by atoms with E-state index in [0.29, 0.717) is 0 Å². The van der Waals surface area contributed by atoms with Gasteiger partial charge in [0.2, 0.25) is 0 Å². The summed E-state index contributed by atoms with van der Waals surface area (Å²) >= 11 is 6.11. The number of carboxylic acids is 1. The molecule has 1 fully saturated rings. The highest BCUT2D eigenvalue weighted by Crippen LogP contribution is 2.18. The lowest BCUT2D eigenvalue weighted by Gasteiger charge is -2.26. The highest BCUT2D eigenvalue weighted by molar-refractivity contribution is 6.32. The predicted molar refractivity (Wildman–Crippen MR) is 93.8 cm³/mol. The van der Waals surface area contributed by atoms with Crippen molar-refractivity contribution in [2.24, 2.45) is 0 Å². The minimum atomic E-state index is -1.33. The third kappa shape index (κ3) is 3.52. The molecule has 1 aliphatic rings. The van der Waals surface area contributed by atoms with Crippen LogP contribution in [0, 0.1) is 0 Å². The summed E-state index contributed by atoms with van der Waals surface area (Å²) < 4.78 is 0.897. The molecule has 0 spiro atoms. The van der Waals surface area contributed by atoms with E-state index in [4.69, 9.17) is 11.6 Å². The molecule has 1 saturated heterocycles. The Morgan fingerprint density at radius 1 is 1.16 bits per heavy atom. The second-order valence-electron chi connectivity index (χ2n) is 6.02. The van der Waals surface area contributed by atoms with Gasteiger partial charge in [-0.3, -0.25) is 9.69 Å². The Kier molecular flexibility index (Phi) is 5.06. The number of aromatic nitrogens is 2. The minimum absolute atomic E-state index is 0.0638. The Hall–Kier alpha value is -2.38. The van der Waals surface area contributed by atoms with Gasteiger partial charge in [0.1, 0.15) is 5.69 Å². The van der Waals surface area contributed by atoms with E-state index in [1.54, 1.807) is 24.3 Å². The number of aromatic amines is 1. The third-order valence-electron chi connectivity index (χ3n) is 4.34. The van der Waals surface area contributed by atoms with Crippen LogP contribution in [0.2, 0.25) is 5.02 Å². The highest BCUT2D eigenvalue weighted by atomic mass is 35.5. The maximum absolute atomic E-state index is 12.9. The second-order valence-corrected chi connectivity index (χ2v) is 6.42. The zero-order chi connectivity index (χ0) is 18.0. The van der Waals surface area contributed by atoms with Gasteiger partial charge in [0.25, 0.3) is 5.56 Å². The van der Waals surface area contributed by atoms with Crippen molar-refractivity contribution in [3.05, 3.63) is 61.4 Å². The Morgan fingerprint density at radius 2 is 1.84 bits per heavy atom. The van der Waals surface area contributed by atoms with Crippen molar-refractivity contribution < 1.29 is 9.90 Å². The molecule has 0 amide bonds. The fourth-order valence-corrected chi connectivity index (χ4v) is 3.31. The number of likely N-dealkylation sites (tertiary alicyclic amines) is 1. The van der Waals surface area contributed by atoms with Gasteiger partial charge in [-0.25, -0.2) is 14.2 Å². The van der Waals surface area contributed by atoms with E-state index in [9.17, 15) is 19.5 Å². The van der Waals surface area contributed by atoms with Gasteiger partial charge in [-0.1, -0.05) is 30.2 Å². The summed E-state index contributed by atoms with van der Waals surface area (Å²) in [7, 11) is 0. The number of benzene rings is 1. The summed E-state index contributed by atoms with van der Waals surface area (Å²) in [4.78, 5) is 41.1. The summed E-state index contributed by atoms with van der Waals surface area (Å²) in [6, 6.07) is 6.45. The Morgan fingerprint density at radius 3 is 2.48 bits per heavy atom. The maximum atomic E-state index is 12.9. The second kappa shape index (κ2) is 7.25. The average molecular weight is 364 g/mol. The van der Waals surface area contributed by atoms with Crippen LogP contribution in [0.1, 0.15) is 35.3 Å².